The molecule has 0 aromatic heterocycles. The fourth-order valence-electron chi connectivity index (χ4n) is 4.18. The Kier molecular flexibility index (Phi) is 7.09. The molecule has 184 valence electrons. The van der Waals surface area contributed by atoms with E-state index in [1.165, 1.54) is 24.3 Å². The summed E-state index contributed by atoms with van der Waals surface area (Å²) in [5, 5.41) is 9.83. The zero-order valence-corrected chi connectivity index (χ0v) is 20.5. The van der Waals surface area contributed by atoms with Crippen LogP contribution in [0.1, 0.15) is 27.0 Å². The second-order valence-electron chi connectivity index (χ2n) is 8.78. The predicted molar refractivity (Wildman–Crippen MR) is 134 cm³/mol. The van der Waals surface area contributed by atoms with Gasteiger partial charge in [-0.1, -0.05) is 18.2 Å². The highest BCUT2D eigenvalue weighted by Gasteiger charge is 2.23. The van der Waals surface area contributed by atoms with Gasteiger partial charge in [0.05, 0.1) is 16.1 Å². The molecule has 4 rings (SSSR count). The minimum Gasteiger partial charge on any atom is -0.478 e. The maximum Gasteiger partial charge on any atom is 0.337 e. The quantitative estimate of drug-likeness (QED) is 0.507. The third kappa shape index (κ3) is 5.80. The predicted octanol–water partition coefficient (Wildman–Crippen LogP) is 4.26. The zero-order valence-electron chi connectivity index (χ0n) is 19.7. The topological polar surface area (TPSA) is 90.0 Å². The fourth-order valence-corrected chi connectivity index (χ4v) is 5.32. The number of sulfonamides is 1. The Morgan fingerprint density at radius 2 is 1.71 bits per heavy atom. The average Bonchev–Trinajstić information content (AvgIpc) is 2.81. The molecule has 9 heteroatoms. The highest BCUT2D eigenvalue weighted by Crippen LogP contribution is 2.28. The highest BCUT2D eigenvalue weighted by atomic mass is 32.2. The fraction of sp³-hybridized carbons (Fsp3) is 0.269. The summed E-state index contributed by atoms with van der Waals surface area (Å²) < 4.78 is 41.6. The molecule has 0 unspecified atom stereocenters. The summed E-state index contributed by atoms with van der Waals surface area (Å²) in [7, 11) is -3.86. The van der Waals surface area contributed by atoms with Crippen molar-refractivity contribution in [3.8, 4) is 0 Å². The van der Waals surface area contributed by atoms with Gasteiger partial charge in [0.1, 0.15) is 5.82 Å². The lowest BCUT2D eigenvalue weighted by molar-refractivity contribution is 0.0697. The first kappa shape index (κ1) is 24.7. The van der Waals surface area contributed by atoms with Crippen LogP contribution in [0, 0.1) is 19.7 Å². The van der Waals surface area contributed by atoms with Crippen molar-refractivity contribution >= 4 is 27.4 Å². The minimum atomic E-state index is -3.86. The molecule has 0 aliphatic carbocycles. The van der Waals surface area contributed by atoms with Gasteiger partial charge in [-0.2, -0.15) is 0 Å². The minimum absolute atomic E-state index is 0.0314. The van der Waals surface area contributed by atoms with Crippen LogP contribution >= 0.6 is 0 Å². The number of carbonyl (C=O) groups is 1. The Hall–Kier alpha value is -3.43. The SMILES string of the molecule is Cc1ccc(S(=O)(=O)Nc2ccc(N3CCN(Cc4cccc(F)c4)CC3)c(C(=O)O)c2)cc1C. The van der Waals surface area contributed by atoms with Crippen molar-refractivity contribution in [2.75, 3.05) is 35.8 Å². The molecule has 0 radical (unpaired) electrons. The van der Waals surface area contributed by atoms with Crippen LogP contribution in [0.3, 0.4) is 0 Å². The molecule has 7 nitrogen and oxygen atoms in total. The van der Waals surface area contributed by atoms with Gasteiger partial charge in [0.2, 0.25) is 0 Å². The number of aromatic carboxylic acids is 1. The number of anilines is 2. The molecule has 2 N–H and O–H groups in total. The highest BCUT2D eigenvalue weighted by molar-refractivity contribution is 7.92. The van der Waals surface area contributed by atoms with Gasteiger partial charge in [-0.05, 0) is 73.0 Å². The van der Waals surface area contributed by atoms with Gasteiger partial charge in [-0.3, -0.25) is 9.62 Å². The zero-order chi connectivity index (χ0) is 25.2. The van der Waals surface area contributed by atoms with Gasteiger partial charge in [-0.15, -0.1) is 0 Å². The Balaban J connectivity index is 1.48. The molecule has 3 aromatic carbocycles. The van der Waals surface area contributed by atoms with Gasteiger partial charge < -0.3 is 10.0 Å². The Morgan fingerprint density at radius 3 is 2.37 bits per heavy atom. The molecule has 0 saturated carbocycles. The van der Waals surface area contributed by atoms with Gasteiger partial charge in [-0.25, -0.2) is 17.6 Å². The number of hydrogen-bond acceptors (Lipinski definition) is 5. The van der Waals surface area contributed by atoms with E-state index in [1.807, 2.05) is 24.8 Å². The number of hydrogen-bond donors (Lipinski definition) is 2. The average molecular weight is 498 g/mol. The van der Waals surface area contributed by atoms with Crippen LogP contribution in [0.4, 0.5) is 15.8 Å². The van der Waals surface area contributed by atoms with Crippen molar-refractivity contribution in [1.29, 1.82) is 0 Å². The third-order valence-corrected chi connectivity index (χ3v) is 7.66. The molecule has 1 heterocycles. The van der Waals surface area contributed by atoms with Gasteiger partial charge in [0.15, 0.2) is 0 Å². The molecule has 1 saturated heterocycles. The summed E-state index contributed by atoms with van der Waals surface area (Å²) in [4.78, 5) is 16.3. The molecule has 0 amide bonds. The smallest absolute Gasteiger partial charge is 0.337 e. The number of benzene rings is 3. The summed E-state index contributed by atoms with van der Waals surface area (Å²) in [6, 6.07) is 16.0. The van der Waals surface area contributed by atoms with E-state index in [1.54, 1.807) is 30.3 Å². The number of carboxylic acids is 1. The maximum absolute atomic E-state index is 13.5. The number of rotatable bonds is 7. The Bertz CT molecular complexity index is 1350. The third-order valence-electron chi connectivity index (χ3n) is 6.28. The van der Waals surface area contributed by atoms with E-state index in [-0.39, 0.29) is 22.0 Å². The van der Waals surface area contributed by atoms with Gasteiger partial charge in [0.25, 0.3) is 10.0 Å². The van der Waals surface area contributed by atoms with E-state index in [4.69, 9.17) is 0 Å². The van der Waals surface area contributed by atoms with Crippen LogP contribution in [0.5, 0.6) is 0 Å². The van der Waals surface area contributed by atoms with Crippen molar-refractivity contribution in [3.05, 3.63) is 88.7 Å². The summed E-state index contributed by atoms with van der Waals surface area (Å²) in [6.07, 6.45) is 0. The van der Waals surface area contributed by atoms with Crippen molar-refractivity contribution in [2.24, 2.45) is 0 Å². The van der Waals surface area contributed by atoms with Crippen LogP contribution in [0.2, 0.25) is 0 Å². The Labute approximate surface area is 204 Å². The monoisotopic (exact) mass is 497 g/mol. The second kappa shape index (κ2) is 10.1. The van der Waals surface area contributed by atoms with Crippen LogP contribution in [-0.2, 0) is 16.6 Å². The van der Waals surface area contributed by atoms with Gasteiger partial charge >= 0.3 is 5.97 Å². The first-order valence-electron chi connectivity index (χ1n) is 11.3. The Morgan fingerprint density at radius 1 is 0.971 bits per heavy atom. The summed E-state index contributed by atoms with van der Waals surface area (Å²) in [5.74, 6) is -1.39. The number of nitrogens with zero attached hydrogens (tertiary/aromatic N) is 2. The van der Waals surface area contributed by atoms with Crippen LogP contribution in [0.25, 0.3) is 0 Å². The molecule has 0 spiro atoms. The lowest BCUT2D eigenvalue weighted by atomic mass is 10.1. The molecule has 0 bridgehead atoms. The number of carboxylic acid groups (broad SMARTS) is 1. The maximum atomic E-state index is 13.5. The van der Waals surface area contributed by atoms with E-state index >= 15 is 0 Å². The molecule has 35 heavy (non-hydrogen) atoms. The van der Waals surface area contributed by atoms with E-state index in [9.17, 15) is 22.7 Å². The second-order valence-corrected chi connectivity index (χ2v) is 10.5. The molecule has 1 aliphatic rings. The van der Waals surface area contributed by atoms with Crippen LogP contribution < -0.4 is 9.62 Å². The lowest BCUT2D eigenvalue weighted by Gasteiger charge is -2.36. The largest absolute Gasteiger partial charge is 0.478 e. The number of aryl methyl sites for hydroxylation is 2. The number of nitrogens with one attached hydrogen (secondary N) is 1. The molecular weight excluding hydrogens is 469 g/mol. The van der Waals surface area contributed by atoms with E-state index in [0.717, 1.165) is 16.7 Å². The summed E-state index contributed by atoms with van der Waals surface area (Å²) >= 11 is 0. The molecule has 0 atom stereocenters. The standard InChI is InChI=1S/C26H28FN3O4S/c1-18-6-8-23(14-19(18)2)35(33,34)28-22-7-9-25(24(16-22)26(31)32)30-12-10-29(11-13-30)17-20-4-3-5-21(27)15-20/h3-9,14-16,28H,10-13,17H2,1-2H3,(H,31,32). The molecular formula is C26H28FN3O4S. The molecule has 3 aromatic rings. The summed E-state index contributed by atoms with van der Waals surface area (Å²) in [6.45, 7) is 6.94. The number of piperazine rings is 1. The first-order chi connectivity index (χ1) is 16.6. The van der Waals surface area contributed by atoms with Crippen LogP contribution in [0.15, 0.2) is 65.6 Å². The lowest BCUT2D eigenvalue weighted by Crippen LogP contribution is -2.46. The van der Waals surface area contributed by atoms with E-state index < -0.39 is 16.0 Å². The van der Waals surface area contributed by atoms with E-state index in [2.05, 4.69) is 9.62 Å². The van der Waals surface area contributed by atoms with Crippen LogP contribution in [-0.4, -0.2) is 50.6 Å². The number of halogens is 1. The normalized spacial score (nSPS) is 14.7. The molecule has 1 aliphatic heterocycles. The molecule has 1 fully saturated rings. The van der Waals surface area contributed by atoms with Crippen molar-refractivity contribution in [2.45, 2.75) is 25.3 Å². The van der Waals surface area contributed by atoms with Crippen molar-refractivity contribution in [1.82, 2.24) is 4.90 Å². The van der Waals surface area contributed by atoms with E-state index in [0.29, 0.717) is 38.4 Å². The first-order valence-corrected chi connectivity index (χ1v) is 12.8. The van der Waals surface area contributed by atoms with Crippen molar-refractivity contribution in [3.63, 3.8) is 0 Å². The summed E-state index contributed by atoms with van der Waals surface area (Å²) in [5.41, 5.74) is 3.49. The van der Waals surface area contributed by atoms with Crippen molar-refractivity contribution < 1.29 is 22.7 Å². The van der Waals surface area contributed by atoms with Gasteiger partial charge in [0, 0.05) is 38.4 Å².